The SMILES string of the molecule is CC1CSCCN1C(=O)c1cc(Br)cn1C1CC1. The van der Waals surface area contributed by atoms with Crippen molar-refractivity contribution in [3.05, 3.63) is 22.4 Å². The number of hydrogen-bond donors (Lipinski definition) is 0. The van der Waals surface area contributed by atoms with Crippen molar-refractivity contribution < 1.29 is 4.79 Å². The lowest BCUT2D eigenvalue weighted by Gasteiger charge is -2.33. The number of carbonyl (C=O) groups excluding carboxylic acids is 1. The Labute approximate surface area is 120 Å². The fourth-order valence-corrected chi connectivity index (χ4v) is 3.90. The van der Waals surface area contributed by atoms with Crippen molar-refractivity contribution in [1.29, 1.82) is 0 Å². The summed E-state index contributed by atoms with van der Waals surface area (Å²) in [4.78, 5) is 14.7. The average molecular weight is 329 g/mol. The van der Waals surface area contributed by atoms with Crippen LogP contribution in [-0.2, 0) is 0 Å². The highest BCUT2D eigenvalue weighted by Gasteiger charge is 2.31. The molecular formula is C13H17BrN2OS. The Kier molecular flexibility index (Phi) is 3.45. The molecule has 2 fully saturated rings. The number of halogens is 1. The van der Waals surface area contributed by atoms with Gasteiger partial charge in [0.25, 0.3) is 5.91 Å². The van der Waals surface area contributed by atoms with Gasteiger partial charge in [-0.2, -0.15) is 11.8 Å². The Bertz CT molecular complexity index is 470. The second-order valence-electron chi connectivity index (χ2n) is 5.10. The molecule has 1 aromatic heterocycles. The summed E-state index contributed by atoms with van der Waals surface area (Å²) >= 11 is 5.43. The first kappa shape index (κ1) is 12.6. The molecule has 3 rings (SSSR count). The van der Waals surface area contributed by atoms with Crippen molar-refractivity contribution in [3.8, 4) is 0 Å². The van der Waals surface area contributed by atoms with Crippen LogP contribution in [0.2, 0.25) is 0 Å². The Morgan fingerprint density at radius 3 is 2.94 bits per heavy atom. The van der Waals surface area contributed by atoms with E-state index >= 15 is 0 Å². The lowest BCUT2D eigenvalue weighted by atomic mass is 10.2. The van der Waals surface area contributed by atoms with Gasteiger partial charge in [-0.1, -0.05) is 0 Å². The van der Waals surface area contributed by atoms with E-state index in [2.05, 4.69) is 27.4 Å². The first-order valence-corrected chi connectivity index (χ1v) is 8.37. The van der Waals surface area contributed by atoms with Gasteiger partial charge < -0.3 is 9.47 Å². The van der Waals surface area contributed by atoms with Gasteiger partial charge in [0.05, 0.1) is 0 Å². The highest BCUT2D eigenvalue weighted by Crippen LogP contribution is 2.38. The molecule has 1 unspecified atom stereocenters. The van der Waals surface area contributed by atoms with Crippen molar-refractivity contribution in [2.24, 2.45) is 0 Å². The molecular weight excluding hydrogens is 312 g/mol. The maximum absolute atomic E-state index is 12.7. The molecule has 5 heteroatoms. The minimum atomic E-state index is 0.195. The molecule has 1 aliphatic carbocycles. The summed E-state index contributed by atoms with van der Waals surface area (Å²) in [7, 11) is 0. The van der Waals surface area contributed by atoms with E-state index in [0.29, 0.717) is 12.1 Å². The standard InChI is InChI=1S/C13H17BrN2OS/c1-9-8-18-5-4-15(9)13(17)12-6-10(14)7-16(12)11-2-3-11/h6-7,9,11H,2-5,8H2,1H3. The minimum Gasteiger partial charge on any atom is -0.339 e. The van der Waals surface area contributed by atoms with Crippen LogP contribution in [0.15, 0.2) is 16.7 Å². The van der Waals surface area contributed by atoms with Crippen LogP contribution in [0.5, 0.6) is 0 Å². The fourth-order valence-electron chi connectivity index (χ4n) is 2.45. The molecule has 18 heavy (non-hydrogen) atoms. The summed E-state index contributed by atoms with van der Waals surface area (Å²) in [6.45, 7) is 3.02. The summed E-state index contributed by atoms with van der Waals surface area (Å²) in [5, 5.41) is 0. The molecule has 1 aromatic rings. The molecule has 1 saturated carbocycles. The van der Waals surface area contributed by atoms with E-state index in [4.69, 9.17) is 0 Å². The van der Waals surface area contributed by atoms with Gasteiger partial charge in [-0.15, -0.1) is 0 Å². The van der Waals surface area contributed by atoms with Gasteiger partial charge >= 0.3 is 0 Å². The van der Waals surface area contributed by atoms with E-state index < -0.39 is 0 Å². The van der Waals surface area contributed by atoms with Crippen LogP contribution in [-0.4, -0.2) is 39.5 Å². The van der Waals surface area contributed by atoms with Crippen molar-refractivity contribution in [2.75, 3.05) is 18.1 Å². The molecule has 0 radical (unpaired) electrons. The monoisotopic (exact) mass is 328 g/mol. The van der Waals surface area contributed by atoms with Gasteiger partial charge in [0.1, 0.15) is 5.69 Å². The summed E-state index contributed by atoms with van der Waals surface area (Å²) in [6, 6.07) is 2.86. The molecule has 0 aromatic carbocycles. The van der Waals surface area contributed by atoms with Crippen LogP contribution in [0.3, 0.4) is 0 Å². The van der Waals surface area contributed by atoms with E-state index in [1.807, 2.05) is 28.9 Å². The van der Waals surface area contributed by atoms with Crippen LogP contribution in [0.25, 0.3) is 0 Å². The van der Waals surface area contributed by atoms with Gasteiger partial charge in [0, 0.05) is 40.8 Å². The van der Waals surface area contributed by atoms with E-state index in [1.165, 1.54) is 12.8 Å². The molecule has 0 N–H and O–H groups in total. The largest absolute Gasteiger partial charge is 0.339 e. The van der Waals surface area contributed by atoms with Crippen molar-refractivity contribution in [3.63, 3.8) is 0 Å². The Morgan fingerprint density at radius 2 is 2.28 bits per heavy atom. The summed E-state index contributed by atoms with van der Waals surface area (Å²) < 4.78 is 3.16. The predicted molar refractivity (Wildman–Crippen MR) is 78.2 cm³/mol. The first-order valence-electron chi connectivity index (χ1n) is 6.43. The van der Waals surface area contributed by atoms with Gasteiger partial charge in [0.15, 0.2) is 0 Å². The van der Waals surface area contributed by atoms with E-state index in [1.54, 1.807) is 0 Å². The Morgan fingerprint density at radius 1 is 1.50 bits per heavy atom. The normalized spacial score (nSPS) is 24.3. The maximum atomic E-state index is 12.7. The molecule has 98 valence electrons. The van der Waals surface area contributed by atoms with Crippen LogP contribution < -0.4 is 0 Å². The predicted octanol–water partition coefficient (Wildman–Crippen LogP) is 3.16. The molecule has 1 saturated heterocycles. The average Bonchev–Trinajstić information content (AvgIpc) is 3.12. The minimum absolute atomic E-state index is 0.195. The number of amides is 1. The molecule has 2 heterocycles. The van der Waals surface area contributed by atoms with E-state index in [0.717, 1.165) is 28.2 Å². The lowest BCUT2D eigenvalue weighted by Crippen LogP contribution is -2.45. The zero-order chi connectivity index (χ0) is 12.7. The lowest BCUT2D eigenvalue weighted by molar-refractivity contribution is 0.0704. The Balaban J connectivity index is 1.86. The first-order chi connectivity index (χ1) is 8.66. The number of aromatic nitrogens is 1. The maximum Gasteiger partial charge on any atom is 0.270 e. The Hall–Kier alpha value is -0.420. The van der Waals surface area contributed by atoms with Gasteiger partial charge in [0.2, 0.25) is 0 Å². The zero-order valence-corrected chi connectivity index (χ0v) is 12.8. The summed E-state index contributed by atoms with van der Waals surface area (Å²) in [6.07, 6.45) is 4.45. The number of rotatable bonds is 2. The number of thioether (sulfide) groups is 1. The smallest absolute Gasteiger partial charge is 0.270 e. The third-order valence-corrected chi connectivity index (χ3v) is 5.23. The molecule has 1 amide bonds. The molecule has 1 atom stereocenters. The van der Waals surface area contributed by atoms with E-state index in [-0.39, 0.29) is 5.91 Å². The molecule has 0 spiro atoms. The molecule has 2 aliphatic rings. The van der Waals surface area contributed by atoms with Gasteiger partial charge in [-0.05, 0) is 41.8 Å². The van der Waals surface area contributed by atoms with Crippen molar-refractivity contribution in [2.45, 2.75) is 31.8 Å². The topological polar surface area (TPSA) is 25.2 Å². The number of hydrogen-bond acceptors (Lipinski definition) is 2. The van der Waals surface area contributed by atoms with Crippen LogP contribution >= 0.6 is 27.7 Å². The van der Waals surface area contributed by atoms with Crippen molar-refractivity contribution in [1.82, 2.24) is 9.47 Å². The van der Waals surface area contributed by atoms with Crippen LogP contribution in [0, 0.1) is 0 Å². The second kappa shape index (κ2) is 4.93. The second-order valence-corrected chi connectivity index (χ2v) is 7.17. The zero-order valence-electron chi connectivity index (χ0n) is 10.4. The summed E-state index contributed by atoms with van der Waals surface area (Å²) in [5.41, 5.74) is 0.850. The molecule has 3 nitrogen and oxygen atoms in total. The van der Waals surface area contributed by atoms with E-state index in [9.17, 15) is 4.79 Å². The van der Waals surface area contributed by atoms with Crippen molar-refractivity contribution >= 4 is 33.6 Å². The fraction of sp³-hybridized carbons (Fsp3) is 0.615. The van der Waals surface area contributed by atoms with Gasteiger partial charge in [-0.3, -0.25) is 4.79 Å². The van der Waals surface area contributed by atoms with Crippen LogP contribution in [0.1, 0.15) is 36.3 Å². The highest BCUT2D eigenvalue weighted by molar-refractivity contribution is 9.10. The number of nitrogens with zero attached hydrogens (tertiary/aromatic N) is 2. The third-order valence-electron chi connectivity index (χ3n) is 3.60. The quantitative estimate of drug-likeness (QED) is 0.833. The molecule has 1 aliphatic heterocycles. The van der Waals surface area contributed by atoms with Gasteiger partial charge in [-0.25, -0.2) is 0 Å². The van der Waals surface area contributed by atoms with Crippen LogP contribution in [0.4, 0.5) is 0 Å². The molecule has 0 bridgehead atoms. The third kappa shape index (κ3) is 2.35. The summed E-state index contributed by atoms with van der Waals surface area (Å²) in [5.74, 6) is 2.30. The number of carbonyl (C=O) groups is 1. The highest BCUT2D eigenvalue weighted by atomic mass is 79.9.